The molecule has 0 aliphatic carbocycles. The first-order valence-corrected chi connectivity index (χ1v) is 27.8. The fraction of sp³-hybridized carbons (Fsp3) is 0.705. The second-order valence-electron chi connectivity index (χ2n) is 18.1. The molecule has 0 fully saturated rings. The van der Waals surface area contributed by atoms with Gasteiger partial charge in [0.2, 0.25) is 0 Å². The number of carbonyl (C=O) groups is 2. The summed E-state index contributed by atoms with van der Waals surface area (Å²) in [5.74, 6) is -0.437. The maximum atomic E-state index is 12.8. The molecule has 0 aliphatic rings. The molecule has 0 radical (unpaired) electrons. The van der Waals surface area contributed by atoms with E-state index >= 15 is 0 Å². The predicted octanol–water partition coefficient (Wildman–Crippen LogP) is 19.0. The molecule has 0 aromatic carbocycles. The number of esters is 2. The Bertz CT molecular complexity index is 1270. The first-order valence-electron chi connectivity index (χ1n) is 27.8. The van der Waals surface area contributed by atoms with E-state index in [1.54, 1.807) is 0 Å². The topological polar surface area (TPSA) is 61.8 Å². The second kappa shape index (κ2) is 56.1. The second-order valence-corrected chi connectivity index (χ2v) is 18.1. The van der Waals surface area contributed by atoms with Crippen LogP contribution in [0.15, 0.2) is 97.2 Å². The number of hydrogen-bond acceptors (Lipinski definition) is 5. The lowest BCUT2D eigenvalue weighted by Crippen LogP contribution is -2.30. The average molecular weight is 917 g/mol. The molecule has 0 amide bonds. The van der Waals surface area contributed by atoms with E-state index in [1.807, 2.05) is 0 Å². The van der Waals surface area contributed by atoms with Crippen molar-refractivity contribution in [2.45, 2.75) is 258 Å². The number of carbonyl (C=O) groups excluding carboxylic acids is 2. The van der Waals surface area contributed by atoms with Gasteiger partial charge in [0.15, 0.2) is 6.10 Å². The minimum absolute atomic E-state index is 0.0638. The fourth-order valence-electron chi connectivity index (χ4n) is 7.51. The summed E-state index contributed by atoms with van der Waals surface area (Å²) in [4.78, 5) is 25.5. The SMILES string of the molecule is CC/C=C\C/C=C\C/C=C\CCCCCCCC(=O)OCC(COCCCCCCCCCCCC/C=C\C/C=C\CCCCC)OC(=O)CCCCCCC/C=C\C/C=C\C/C=C\CC. The first kappa shape index (κ1) is 62.8. The van der Waals surface area contributed by atoms with Crippen LogP contribution in [0.2, 0.25) is 0 Å². The highest BCUT2D eigenvalue weighted by Crippen LogP contribution is 2.14. The Hall–Kier alpha value is -3.18. The van der Waals surface area contributed by atoms with Crippen molar-refractivity contribution in [3.05, 3.63) is 97.2 Å². The van der Waals surface area contributed by atoms with E-state index in [9.17, 15) is 9.59 Å². The van der Waals surface area contributed by atoms with Crippen LogP contribution in [0.3, 0.4) is 0 Å². The van der Waals surface area contributed by atoms with Crippen LogP contribution in [0.4, 0.5) is 0 Å². The van der Waals surface area contributed by atoms with Crippen LogP contribution in [0.25, 0.3) is 0 Å². The molecule has 5 heteroatoms. The molecule has 0 aromatic rings. The van der Waals surface area contributed by atoms with Gasteiger partial charge in [-0.25, -0.2) is 0 Å². The Labute approximate surface area is 409 Å². The zero-order chi connectivity index (χ0) is 47.7. The van der Waals surface area contributed by atoms with Crippen molar-refractivity contribution in [3.63, 3.8) is 0 Å². The van der Waals surface area contributed by atoms with Crippen molar-refractivity contribution in [2.75, 3.05) is 19.8 Å². The van der Waals surface area contributed by atoms with E-state index in [1.165, 1.54) is 109 Å². The summed E-state index contributed by atoms with van der Waals surface area (Å²) in [5.41, 5.74) is 0. The Morgan fingerprint density at radius 1 is 0.348 bits per heavy atom. The van der Waals surface area contributed by atoms with Gasteiger partial charge in [-0.2, -0.15) is 0 Å². The third-order valence-corrected chi connectivity index (χ3v) is 11.6. The number of ether oxygens (including phenoxy) is 3. The molecule has 0 saturated heterocycles. The lowest BCUT2D eigenvalue weighted by atomic mass is 10.1. The molecule has 0 N–H and O–H groups in total. The smallest absolute Gasteiger partial charge is 0.306 e. The van der Waals surface area contributed by atoms with Crippen LogP contribution >= 0.6 is 0 Å². The van der Waals surface area contributed by atoms with Crippen molar-refractivity contribution in [3.8, 4) is 0 Å². The average Bonchev–Trinajstić information content (AvgIpc) is 3.32. The summed E-state index contributed by atoms with van der Waals surface area (Å²) in [7, 11) is 0. The van der Waals surface area contributed by atoms with E-state index in [-0.39, 0.29) is 25.2 Å². The maximum absolute atomic E-state index is 12.8. The molecule has 0 saturated carbocycles. The molecule has 1 unspecified atom stereocenters. The van der Waals surface area contributed by atoms with Gasteiger partial charge in [-0.1, -0.05) is 221 Å². The van der Waals surface area contributed by atoms with E-state index in [4.69, 9.17) is 14.2 Å². The largest absolute Gasteiger partial charge is 0.462 e. The zero-order valence-corrected chi connectivity index (χ0v) is 43.4. The lowest BCUT2D eigenvalue weighted by Gasteiger charge is -2.18. The van der Waals surface area contributed by atoms with Gasteiger partial charge in [-0.15, -0.1) is 0 Å². The molecule has 0 rings (SSSR count). The first-order chi connectivity index (χ1) is 32.6. The number of hydrogen-bond donors (Lipinski definition) is 0. The Balaban J connectivity index is 4.32. The summed E-state index contributed by atoms with van der Waals surface area (Å²) in [6.45, 7) is 7.55. The molecule has 0 spiro atoms. The molecule has 5 nitrogen and oxygen atoms in total. The van der Waals surface area contributed by atoms with Gasteiger partial charge in [-0.05, 0) is 116 Å². The molecule has 0 aliphatic heterocycles. The number of unbranched alkanes of at least 4 members (excludes halogenated alkanes) is 23. The molecule has 0 aromatic heterocycles. The highest BCUT2D eigenvalue weighted by atomic mass is 16.6. The van der Waals surface area contributed by atoms with Crippen LogP contribution in [-0.4, -0.2) is 37.9 Å². The normalized spacial score (nSPS) is 13.0. The Morgan fingerprint density at radius 2 is 0.682 bits per heavy atom. The predicted molar refractivity (Wildman–Crippen MR) is 288 cm³/mol. The van der Waals surface area contributed by atoms with Gasteiger partial charge >= 0.3 is 11.9 Å². The van der Waals surface area contributed by atoms with Crippen LogP contribution in [0.1, 0.15) is 252 Å². The Morgan fingerprint density at radius 3 is 1.09 bits per heavy atom. The van der Waals surface area contributed by atoms with Crippen LogP contribution in [-0.2, 0) is 23.8 Å². The Kier molecular flexibility index (Phi) is 53.4. The van der Waals surface area contributed by atoms with E-state index in [0.29, 0.717) is 19.4 Å². The summed E-state index contributed by atoms with van der Waals surface area (Å²) < 4.78 is 17.4. The van der Waals surface area contributed by atoms with Crippen molar-refractivity contribution in [2.24, 2.45) is 0 Å². The van der Waals surface area contributed by atoms with E-state index in [2.05, 4.69) is 118 Å². The van der Waals surface area contributed by atoms with Crippen molar-refractivity contribution < 1.29 is 23.8 Å². The van der Waals surface area contributed by atoms with Gasteiger partial charge in [0.1, 0.15) is 6.61 Å². The van der Waals surface area contributed by atoms with Crippen LogP contribution in [0, 0.1) is 0 Å². The third-order valence-electron chi connectivity index (χ3n) is 11.6. The van der Waals surface area contributed by atoms with Gasteiger partial charge in [0.05, 0.1) is 6.61 Å². The molecule has 66 heavy (non-hydrogen) atoms. The van der Waals surface area contributed by atoms with E-state index in [0.717, 1.165) is 109 Å². The number of rotatable bonds is 50. The number of allylic oxidation sites excluding steroid dienone is 16. The maximum Gasteiger partial charge on any atom is 0.306 e. The lowest BCUT2D eigenvalue weighted by molar-refractivity contribution is -0.163. The summed E-state index contributed by atoms with van der Waals surface area (Å²) in [6.07, 6.45) is 75.7. The summed E-state index contributed by atoms with van der Waals surface area (Å²) >= 11 is 0. The summed E-state index contributed by atoms with van der Waals surface area (Å²) in [6, 6.07) is 0. The van der Waals surface area contributed by atoms with Gasteiger partial charge < -0.3 is 14.2 Å². The minimum Gasteiger partial charge on any atom is -0.462 e. The van der Waals surface area contributed by atoms with E-state index < -0.39 is 6.10 Å². The standard InChI is InChI=1S/C61H104O5/c1-4-7-10-13-16-19-22-25-28-29-30-31-32-35-38-41-44-47-50-53-56-64-57-59(66-61(63)55-52-49-46-43-40-37-34-27-24-21-18-15-12-9-6-3)58-65-60(62)54-51-48-45-42-39-36-33-26-23-20-17-14-11-8-5-2/h8-9,11-12,16-21,25-28,33-34,59H,4-7,10,13-15,22-24,29-32,35-58H2,1-3H3/b11-8-,12-9-,19-16-,20-17-,21-18-,28-25-,33-26-,34-27-. The fourth-order valence-corrected chi connectivity index (χ4v) is 7.51. The molecular formula is C61H104O5. The third kappa shape index (κ3) is 53.4. The van der Waals surface area contributed by atoms with Gasteiger partial charge in [-0.3, -0.25) is 9.59 Å². The van der Waals surface area contributed by atoms with Crippen molar-refractivity contribution in [1.82, 2.24) is 0 Å². The quantitative estimate of drug-likeness (QED) is 0.0346. The minimum atomic E-state index is -0.560. The molecule has 378 valence electrons. The zero-order valence-electron chi connectivity index (χ0n) is 43.4. The van der Waals surface area contributed by atoms with Crippen molar-refractivity contribution >= 4 is 11.9 Å². The van der Waals surface area contributed by atoms with Crippen molar-refractivity contribution in [1.29, 1.82) is 0 Å². The van der Waals surface area contributed by atoms with Gasteiger partial charge in [0.25, 0.3) is 0 Å². The highest BCUT2D eigenvalue weighted by Gasteiger charge is 2.17. The van der Waals surface area contributed by atoms with Gasteiger partial charge in [0, 0.05) is 19.4 Å². The monoisotopic (exact) mass is 917 g/mol. The molecule has 1 atom stereocenters. The molecule has 0 heterocycles. The molecule has 0 bridgehead atoms. The van der Waals surface area contributed by atoms with Crippen LogP contribution < -0.4 is 0 Å². The highest BCUT2D eigenvalue weighted by molar-refractivity contribution is 5.70. The molecular weight excluding hydrogens is 813 g/mol. The summed E-state index contributed by atoms with van der Waals surface area (Å²) in [5, 5.41) is 0. The van der Waals surface area contributed by atoms with Crippen LogP contribution in [0.5, 0.6) is 0 Å².